The van der Waals surface area contributed by atoms with Crippen molar-refractivity contribution < 1.29 is 14.4 Å². The third kappa shape index (κ3) is 1.56. The summed E-state index contributed by atoms with van der Waals surface area (Å²) >= 11 is 0. The molecule has 5 heteroatoms. The predicted molar refractivity (Wildman–Crippen MR) is 36.0 cm³/mol. The van der Waals surface area contributed by atoms with E-state index in [9.17, 15) is 10.1 Å². The number of nitro groups is 1. The van der Waals surface area contributed by atoms with E-state index < -0.39 is 11.0 Å². The molecule has 0 amide bonds. The lowest BCUT2D eigenvalue weighted by Gasteiger charge is -1.94. The molecule has 0 radical (unpaired) electrons. The van der Waals surface area contributed by atoms with Crippen LogP contribution < -0.4 is 0 Å². The Bertz CT molecular complexity index is 265. The Labute approximate surface area is 62.4 Å². The molecule has 1 atom stereocenters. The predicted octanol–water partition coefficient (Wildman–Crippen LogP) is 1.24. The van der Waals surface area contributed by atoms with E-state index in [1.165, 1.54) is 19.1 Å². The minimum Gasteiger partial charge on any atom is -0.403 e. The Morgan fingerprint density at radius 1 is 1.73 bits per heavy atom. The van der Waals surface area contributed by atoms with Crippen molar-refractivity contribution in [1.82, 2.24) is 0 Å². The minimum absolute atomic E-state index is 0.205. The van der Waals surface area contributed by atoms with E-state index in [1.54, 1.807) is 0 Å². The Morgan fingerprint density at radius 3 is 2.64 bits per heavy atom. The van der Waals surface area contributed by atoms with E-state index in [2.05, 4.69) is 4.42 Å². The molecule has 1 rings (SSSR count). The Balaban J connectivity index is 2.90. The van der Waals surface area contributed by atoms with Crippen LogP contribution in [0.1, 0.15) is 18.8 Å². The Hall–Kier alpha value is -1.36. The summed E-state index contributed by atoms with van der Waals surface area (Å²) in [6.45, 7) is 1.47. The zero-order valence-corrected chi connectivity index (χ0v) is 5.85. The molecule has 1 aromatic rings. The van der Waals surface area contributed by atoms with Gasteiger partial charge in [0.15, 0.2) is 0 Å². The van der Waals surface area contributed by atoms with Gasteiger partial charge in [-0.15, -0.1) is 0 Å². The van der Waals surface area contributed by atoms with Crippen molar-refractivity contribution >= 4 is 5.88 Å². The van der Waals surface area contributed by atoms with Crippen molar-refractivity contribution in [3.8, 4) is 0 Å². The maximum absolute atomic E-state index is 10.1. The average Bonchev–Trinajstić information content (AvgIpc) is 2.33. The van der Waals surface area contributed by atoms with Gasteiger partial charge in [0.2, 0.25) is 0 Å². The van der Waals surface area contributed by atoms with Gasteiger partial charge in [-0.2, -0.15) is 0 Å². The summed E-state index contributed by atoms with van der Waals surface area (Å²) in [6.07, 6.45) is -0.802. The molecule has 0 aliphatic heterocycles. The summed E-state index contributed by atoms with van der Waals surface area (Å²) in [7, 11) is 0. The number of hydrogen-bond acceptors (Lipinski definition) is 4. The summed E-state index contributed by atoms with van der Waals surface area (Å²) in [4.78, 5) is 9.42. The molecular weight excluding hydrogens is 150 g/mol. The SMILES string of the molecule is CC(O)c1ccc([N+](=O)[O-])o1. The third-order valence-corrected chi connectivity index (χ3v) is 1.20. The van der Waals surface area contributed by atoms with Gasteiger partial charge in [0.25, 0.3) is 0 Å². The molecule has 0 fully saturated rings. The summed E-state index contributed by atoms with van der Waals surface area (Å²) in [5.41, 5.74) is 0. The van der Waals surface area contributed by atoms with E-state index in [0.29, 0.717) is 0 Å². The molecule has 1 aromatic heterocycles. The zero-order valence-electron chi connectivity index (χ0n) is 5.85. The Morgan fingerprint density at radius 2 is 2.36 bits per heavy atom. The molecule has 0 aliphatic carbocycles. The van der Waals surface area contributed by atoms with Crippen molar-refractivity contribution in [2.24, 2.45) is 0 Å². The summed E-state index contributed by atoms with van der Waals surface area (Å²) in [6, 6.07) is 2.59. The highest BCUT2D eigenvalue weighted by molar-refractivity contribution is 5.18. The van der Waals surface area contributed by atoms with Gasteiger partial charge < -0.3 is 9.52 Å². The van der Waals surface area contributed by atoms with Crippen LogP contribution in [0.15, 0.2) is 16.5 Å². The molecule has 1 N–H and O–H groups in total. The summed E-state index contributed by atoms with van der Waals surface area (Å²) < 4.78 is 4.66. The quantitative estimate of drug-likeness (QED) is 0.517. The van der Waals surface area contributed by atoms with Crippen LogP contribution in [0.4, 0.5) is 5.88 Å². The van der Waals surface area contributed by atoms with Crippen molar-refractivity contribution in [2.75, 3.05) is 0 Å². The number of aliphatic hydroxyl groups is 1. The fourth-order valence-electron chi connectivity index (χ4n) is 0.665. The van der Waals surface area contributed by atoms with Crippen molar-refractivity contribution in [1.29, 1.82) is 0 Å². The monoisotopic (exact) mass is 157 g/mol. The summed E-state index contributed by atoms with van der Waals surface area (Å²) in [5.74, 6) is -0.141. The maximum atomic E-state index is 10.1. The topological polar surface area (TPSA) is 76.5 Å². The zero-order chi connectivity index (χ0) is 8.43. The van der Waals surface area contributed by atoms with Crippen LogP contribution in [-0.2, 0) is 0 Å². The largest absolute Gasteiger partial charge is 0.433 e. The second-order valence-corrected chi connectivity index (χ2v) is 2.11. The van der Waals surface area contributed by atoms with Crippen LogP contribution >= 0.6 is 0 Å². The first-order valence-electron chi connectivity index (χ1n) is 3.03. The lowest BCUT2D eigenvalue weighted by Crippen LogP contribution is -1.87. The lowest BCUT2D eigenvalue weighted by atomic mass is 10.3. The first-order valence-corrected chi connectivity index (χ1v) is 3.03. The number of hydrogen-bond donors (Lipinski definition) is 1. The number of rotatable bonds is 2. The van der Waals surface area contributed by atoms with E-state index in [-0.39, 0.29) is 11.6 Å². The van der Waals surface area contributed by atoms with Crippen LogP contribution in [0.3, 0.4) is 0 Å². The van der Waals surface area contributed by atoms with Gasteiger partial charge in [-0.3, -0.25) is 10.1 Å². The fraction of sp³-hybridized carbons (Fsp3) is 0.333. The lowest BCUT2D eigenvalue weighted by molar-refractivity contribution is -0.402. The molecule has 0 saturated carbocycles. The van der Waals surface area contributed by atoms with Crippen LogP contribution in [-0.4, -0.2) is 10.0 Å². The van der Waals surface area contributed by atoms with Crippen molar-refractivity contribution in [2.45, 2.75) is 13.0 Å². The van der Waals surface area contributed by atoms with Crippen LogP contribution in [0.5, 0.6) is 0 Å². The molecule has 11 heavy (non-hydrogen) atoms. The molecule has 0 bridgehead atoms. The number of aliphatic hydroxyl groups excluding tert-OH is 1. The van der Waals surface area contributed by atoms with Crippen LogP contribution in [0, 0.1) is 10.1 Å². The van der Waals surface area contributed by atoms with Gasteiger partial charge in [-0.25, -0.2) is 0 Å². The maximum Gasteiger partial charge on any atom is 0.433 e. The fourth-order valence-corrected chi connectivity index (χ4v) is 0.665. The molecule has 60 valence electrons. The van der Waals surface area contributed by atoms with Gasteiger partial charge in [-0.1, -0.05) is 0 Å². The van der Waals surface area contributed by atoms with E-state index in [0.717, 1.165) is 0 Å². The highest BCUT2D eigenvalue weighted by Crippen LogP contribution is 2.20. The summed E-state index contributed by atoms with van der Waals surface area (Å²) in [5, 5.41) is 19.0. The highest BCUT2D eigenvalue weighted by Gasteiger charge is 2.13. The second-order valence-electron chi connectivity index (χ2n) is 2.11. The minimum atomic E-state index is -0.802. The van der Waals surface area contributed by atoms with Gasteiger partial charge in [0.1, 0.15) is 16.8 Å². The normalized spacial score (nSPS) is 12.9. The van der Waals surface area contributed by atoms with Crippen LogP contribution in [0.25, 0.3) is 0 Å². The molecule has 5 nitrogen and oxygen atoms in total. The van der Waals surface area contributed by atoms with E-state index >= 15 is 0 Å². The molecular formula is C6H7NO4. The first-order chi connectivity index (χ1) is 5.11. The van der Waals surface area contributed by atoms with E-state index in [4.69, 9.17) is 5.11 Å². The third-order valence-electron chi connectivity index (χ3n) is 1.20. The van der Waals surface area contributed by atoms with Gasteiger partial charge >= 0.3 is 5.88 Å². The van der Waals surface area contributed by atoms with E-state index in [1.807, 2.05) is 0 Å². The smallest absolute Gasteiger partial charge is 0.403 e. The van der Waals surface area contributed by atoms with Crippen molar-refractivity contribution in [3.05, 3.63) is 28.0 Å². The molecule has 1 unspecified atom stereocenters. The number of nitrogens with zero attached hydrogens (tertiary/aromatic N) is 1. The highest BCUT2D eigenvalue weighted by atomic mass is 16.6. The van der Waals surface area contributed by atoms with Gasteiger partial charge in [-0.05, 0) is 13.0 Å². The van der Waals surface area contributed by atoms with Gasteiger partial charge in [0.05, 0.1) is 6.07 Å². The first kappa shape index (κ1) is 7.74. The molecule has 0 saturated heterocycles. The molecule has 1 heterocycles. The van der Waals surface area contributed by atoms with Crippen molar-refractivity contribution in [3.63, 3.8) is 0 Å². The standard InChI is InChI=1S/C6H7NO4/c1-4(8)5-2-3-6(11-5)7(9)10/h2-4,8H,1H3. The second kappa shape index (κ2) is 2.71. The van der Waals surface area contributed by atoms with Crippen LogP contribution in [0.2, 0.25) is 0 Å². The Kier molecular flexibility index (Phi) is 1.91. The average molecular weight is 157 g/mol. The molecule has 0 aliphatic rings. The molecule has 0 spiro atoms. The molecule has 0 aromatic carbocycles. The van der Waals surface area contributed by atoms with Gasteiger partial charge in [0, 0.05) is 0 Å². The number of furan rings is 1.